The van der Waals surface area contributed by atoms with Crippen molar-refractivity contribution in [3.63, 3.8) is 0 Å². The summed E-state index contributed by atoms with van der Waals surface area (Å²) in [6.07, 6.45) is 5.55. The van der Waals surface area contributed by atoms with Crippen LogP contribution in [0.5, 0.6) is 0 Å². The maximum atomic E-state index is 12.8. The van der Waals surface area contributed by atoms with Crippen molar-refractivity contribution in [2.75, 3.05) is 78.5 Å². The molecule has 0 unspecified atom stereocenters. The van der Waals surface area contributed by atoms with Crippen LogP contribution in [0, 0.1) is 35.5 Å². The minimum absolute atomic E-state index is 0.0262. The van der Waals surface area contributed by atoms with Crippen LogP contribution in [0.1, 0.15) is 193 Å². The van der Waals surface area contributed by atoms with Gasteiger partial charge in [-0.3, -0.25) is 28.8 Å². The molecule has 6 aliphatic heterocycles. The average molecular weight is 2260 g/mol. The van der Waals surface area contributed by atoms with Crippen molar-refractivity contribution >= 4 is 140 Å². The van der Waals surface area contributed by atoms with E-state index in [4.69, 9.17) is 129 Å². The average Bonchev–Trinajstić information content (AvgIpc) is 1.55. The molecular formula is C77H166B6N24O36S6. The largest absolute Gasteiger partial charge is 0.480 e. The molecule has 0 aromatic rings. The summed E-state index contributed by atoms with van der Waals surface area (Å²) in [5.41, 5.74) is 54.2. The van der Waals surface area contributed by atoms with Crippen LogP contribution in [-0.4, -0.2) is 426 Å². The zero-order valence-electron chi connectivity index (χ0n) is 87.0. The molecule has 0 bridgehead atoms. The number of hydrogen-bond donors (Lipinski definition) is 36. The van der Waals surface area contributed by atoms with Crippen LogP contribution >= 0.6 is 0 Å². The van der Waals surface area contributed by atoms with Crippen molar-refractivity contribution in [2.24, 2.45) is 104 Å². The van der Waals surface area contributed by atoms with Gasteiger partial charge in [-0.25, -0.2) is 0 Å². The van der Waals surface area contributed by atoms with E-state index in [0.29, 0.717) is 57.8 Å². The number of carboxylic acids is 6. The van der Waals surface area contributed by atoms with Gasteiger partial charge in [0.15, 0.2) is 0 Å². The molecule has 0 amide bonds. The van der Waals surface area contributed by atoms with Crippen molar-refractivity contribution in [3.05, 3.63) is 0 Å². The van der Waals surface area contributed by atoms with Gasteiger partial charge in [-0.05, 0) is 193 Å². The Hall–Kier alpha value is -4.53. The topological polar surface area (TPSA) is 1080 Å². The summed E-state index contributed by atoms with van der Waals surface area (Å²) in [6, 6.07) is -1.37. The van der Waals surface area contributed by atoms with E-state index in [2.05, 4.69) is 28.3 Å². The summed E-state index contributed by atoms with van der Waals surface area (Å²) < 4.78 is 172. The Morgan fingerprint density at radius 1 is 0.356 bits per heavy atom. The molecular weight excluding hydrogens is 2090 g/mol. The van der Waals surface area contributed by atoms with Crippen LogP contribution in [0.3, 0.4) is 0 Å². The van der Waals surface area contributed by atoms with Crippen LogP contribution in [0.15, 0.2) is 0 Å². The molecule has 6 saturated heterocycles. The summed E-state index contributed by atoms with van der Waals surface area (Å²) in [7, 11) is -32.6. The molecule has 72 heteroatoms. The zero-order chi connectivity index (χ0) is 116. The van der Waals surface area contributed by atoms with Gasteiger partial charge in [0.2, 0.25) is 0 Å². The van der Waals surface area contributed by atoms with E-state index in [1.807, 2.05) is 0 Å². The van der Waals surface area contributed by atoms with Crippen molar-refractivity contribution in [1.82, 2.24) is 54.2 Å². The summed E-state index contributed by atoms with van der Waals surface area (Å²) in [5.74, 6) is -11.5. The number of nitrogens with zero attached hydrogens (tertiary/aromatic N) is 6. The smallest absolute Gasteiger partial charge is 0.451 e. The Balaban J connectivity index is 0.000000372. The van der Waals surface area contributed by atoms with Gasteiger partial charge in [0.05, 0.1) is 5.54 Å². The van der Waals surface area contributed by atoms with Gasteiger partial charge in [-0.15, -0.1) is 0 Å². The Morgan fingerprint density at radius 2 is 0.544 bits per heavy atom. The first-order chi connectivity index (χ1) is 67.0. The van der Waals surface area contributed by atoms with E-state index in [0.717, 1.165) is 25.8 Å². The normalized spacial score (nSPS) is 31.1. The van der Waals surface area contributed by atoms with Gasteiger partial charge >= 0.3 is 78.5 Å². The fourth-order valence-corrected chi connectivity index (χ4v) is 27.7. The standard InChI is InChI=1S/2C14H31BN4O6S.C13H27BN4O6S.C13H29BN4O6S.C12H25BN4O6S.C11H23BN4O6S/c2*1-12(2,16)13(3,4)18-26(24,25)19-8-10(6-5-7-15(22)23)14(17,9-19)11(20)21;1-11(15)7-12(11,2)17-25(23,24)18-6-9(4-3-5-14(21)22)13(16,8-18)10(19)20;1-9(15)12(2,3)17-25(23,24)18-7-10(5-4-6-14(21)22)13(16,8-18)11(19)20;1-11(14)5-9(11)16-24(22,23)17-6-8(3-2-4-13(20)21)12(15,7-17)10(18)19;13-8-4-9(8)15-23(21,22)16-5-7(2-1-3-12(19)20)11(14,6-16)10(17)18/h2*10,18,22-23H,5-9,16-17H2,1-4H3,(H,20,21);9,17,21-22H,3-8,15-16H2,1-2H3,(H,19,20);9-10,17,21-22H,4-8,15-16H2,1-3H3,(H,19,20);8-9,16,20-21H,2-7,14-15H2,1H3,(H,18,19);7-9,15,19-20H,1-6,13-14H2,(H,17,18)/t2*10-,14-;9-,11+,12+,13-;9-,10-,13-;8-,9+,11+,12-;7-,8+,9+,11-/m000000/s1. The van der Waals surface area contributed by atoms with Crippen LogP contribution in [0.25, 0.3) is 0 Å². The summed E-state index contributed by atoms with van der Waals surface area (Å²) in [5, 5.41) is 164. The van der Waals surface area contributed by atoms with Crippen molar-refractivity contribution in [1.29, 1.82) is 0 Å². The molecule has 3 saturated carbocycles. The van der Waals surface area contributed by atoms with E-state index in [1.54, 1.807) is 96.9 Å². The lowest BCUT2D eigenvalue weighted by Gasteiger charge is -2.39. The molecule has 864 valence electrons. The van der Waals surface area contributed by atoms with Crippen molar-refractivity contribution < 1.29 is 170 Å². The number of rotatable bonds is 51. The number of carboxylic acid groups (broad SMARTS) is 6. The first-order valence-corrected chi connectivity index (χ1v) is 57.3. The number of hydrogen-bond acceptors (Lipinski definition) is 42. The van der Waals surface area contributed by atoms with Gasteiger partial charge in [-0.2, -0.15) is 105 Å². The highest BCUT2D eigenvalue weighted by Crippen LogP contribution is 2.47. The molecule has 19 atom stereocenters. The first kappa shape index (κ1) is 137. The van der Waals surface area contributed by atoms with Crippen LogP contribution < -0.4 is 97.1 Å². The van der Waals surface area contributed by atoms with E-state index in [1.165, 1.54) is 0 Å². The van der Waals surface area contributed by atoms with Crippen LogP contribution in [0.2, 0.25) is 37.9 Å². The molecule has 9 rings (SSSR count). The summed E-state index contributed by atoms with van der Waals surface area (Å²) in [6.45, 7) is 21.0. The monoisotopic (exact) mass is 2260 g/mol. The quantitative estimate of drug-likeness (QED) is 0.0252. The molecule has 3 aliphatic carbocycles. The Morgan fingerprint density at radius 3 is 0.711 bits per heavy atom. The SMILES string of the molecule is CC(C)(N)C(C)(C)NS(=O)(=O)N1C[C@H](CCCB(O)O)[C@](N)(C(=O)O)C1.CC(C)(N)C(C)(C)NS(=O)(=O)N1C[C@H](CCCB(O)O)[C@](N)(C(=O)O)C1.C[C@@]1(N)C[C@H]1NS(=O)(=O)N1C[C@H](CCCB(O)O)[C@](N)(C(=O)O)C1.C[C@@]1(NS(=O)(=O)N2C[C@H](CCCB(O)O)[C@](N)(C(=O)O)C2)C[C@@]1(C)N.C[C@H](N)C(C)(C)NS(=O)(=O)N1C[C@H](CCCB(O)O)[C@](N)(C(=O)O)C1.N[C@@H]1C[C@H]1NS(=O)(=O)N1C[C@H](CCCB(O)O)[C@](N)(C(=O)O)C1. The highest BCUT2D eigenvalue weighted by atomic mass is 32.2. The maximum absolute atomic E-state index is 12.8. The highest BCUT2D eigenvalue weighted by Gasteiger charge is 2.64. The predicted molar refractivity (Wildman–Crippen MR) is 551 cm³/mol. The third-order valence-corrected chi connectivity index (χ3v) is 40.5. The van der Waals surface area contributed by atoms with Gasteiger partial charge in [-0.1, -0.05) is 38.5 Å². The Bertz CT molecular complexity index is 5070. The van der Waals surface area contributed by atoms with Gasteiger partial charge in [0, 0.05) is 177 Å². The van der Waals surface area contributed by atoms with Gasteiger partial charge < -0.3 is 160 Å². The second kappa shape index (κ2) is 51.2. The fraction of sp³-hybridized carbons (Fsp3) is 0.922. The number of carbonyl (C=O) groups is 6. The molecule has 149 heavy (non-hydrogen) atoms. The van der Waals surface area contributed by atoms with E-state index >= 15 is 0 Å². The van der Waals surface area contributed by atoms with Crippen LogP contribution in [0.4, 0.5) is 0 Å². The molecule has 9 aliphatic rings. The van der Waals surface area contributed by atoms with Crippen molar-refractivity contribution in [3.8, 4) is 0 Å². The number of aliphatic carboxylic acids is 6. The lowest BCUT2D eigenvalue weighted by Crippen LogP contribution is -2.64. The third kappa shape index (κ3) is 36.8. The van der Waals surface area contributed by atoms with Crippen molar-refractivity contribution in [2.45, 2.75) is 333 Å². The molecule has 0 spiro atoms. The third-order valence-electron chi connectivity index (χ3n) is 30.5. The molecule has 6 heterocycles. The Labute approximate surface area is 874 Å². The second-order valence-corrected chi connectivity index (χ2v) is 55.1. The van der Waals surface area contributed by atoms with E-state index < -0.39 is 259 Å². The number of nitrogens with two attached hydrogens (primary N) is 12. The molecule has 0 aromatic carbocycles. The van der Waals surface area contributed by atoms with Gasteiger partial charge in [0.25, 0.3) is 61.3 Å². The van der Waals surface area contributed by atoms with E-state index in [-0.39, 0.29) is 173 Å². The minimum atomic E-state index is -4.02. The maximum Gasteiger partial charge on any atom is 0.451 e. The summed E-state index contributed by atoms with van der Waals surface area (Å²) >= 11 is 0. The lowest BCUT2D eigenvalue weighted by atomic mass is 9.78. The second-order valence-electron chi connectivity index (χ2n) is 45.1. The van der Waals surface area contributed by atoms with Crippen LogP contribution in [-0.2, 0) is 90.0 Å². The molecule has 60 nitrogen and oxygen atoms in total. The van der Waals surface area contributed by atoms with Gasteiger partial charge in [0.1, 0.15) is 33.2 Å². The highest BCUT2D eigenvalue weighted by molar-refractivity contribution is 7.88. The molecule has 9 fully saturated rings. The lowest BCUT2D eigenvalue weighted by molar-refractivity contribution is -0.145. The zero-order valence-corrected chi connectivity index (χ0v) is 91.9. The number of nitrogens with one attached hydrogen (secondary N) is 6. The first-order valence-electron chi connectivity index (χ1n) is 48.6. The Kier molecular flexibility index (Phi) is 47.0. The predicted octanol–water partition coefficient (Wildman–Crippen LogP) is -13.6. The fourth-order valence-electron chi connectivity index (χ4n) is 17.4. The molecule has 48 N–H and O–H groups in total. The molecule has 0 radical (unpaired) electrons. The molecule has 0 aromatic heterocycles. The minimum Gasteiger partial charge on any atom is -0.480 e. The summed E-state index contributed by atoms with van der Waals surface area (Å²) in [4.78, 5) is 69.6. The van der Waals surface area contributed by atoms with E-state index in [9.17, 15) is 110 Å².